The Hall–Kier alpha value is -2.59. The number of rotatable bonds is 6. The van der Waals surface area contributed by atoms with Gasteiger partial charge in [-0.3, -0.25) is 18.7 Å². The number of halogens is 2. The van der Waals surface area contributed by atoms with Crippen molar-refractivity contribution in [1.29, 1.82) is 0 Å². The fraction of sp³-hybridized carbons (Fsp3) is 0.333. The monoisotopic (exact) mass is 439 g/mol. The third-order valence-electron chi connectivity index (χ3n) is 4.46. The molecule has 0 aliphatic carbocycles. The van der Waals surface area contributed by atoms with Crippen LogP contribution in [-0.2, 0) is 32.5 Å². The molecule has 0 aliphatic heterocycles. The predicted octanol–water partition coefficient (Wildman–Crippen LogP) is 1.56. The number of hydrogen-bond acceptors (Lipinski definition) is 5. The third-order valence-corrected chi connectivity index (χ3v) is 5.78. The van der Waals surface area contributed by atoms with Gasteiger partial charge in [0.05, 0.1) is 5.02 Å². The topological polar surface area (TPSA) is 90.9 Å². The van der Waals surface area contributed by atoms with E-state index in [2.05, 4.69) is 10.3 Å². The molecule has 0 bridgehead atoms. The van der Waals surface area contributed by atoms with Crippen LogP contribution in [0, 0.1) is 5.82 Å². The zero-order valence-corrected chi connectivity index (χ0v) is 17.6. The highest BCUT2D eigenvalue weighted by molar-refractivity contribution is 7.99. The van der Waals surface area contributed by atoms with Gasteiger partial charge in [-0.2, -0.15) is 0 Å². The summed E-state index contributed by atoms with van der Waals surface area (Å²) < 4.78 is 17.2. The van der Waals surface area contributed by atoms with E-state index >= 15 is 0 Å². The minimum atomic E-state index is -0.507. The van der Waals surface area contributed by atoms with Crippen molar-refractivity contribution >= 4 is 40.4 Å². The Bertz CT molecular complexity index is 1220. The quantitative estimate of drug-likeness (QED) is 0.588. The number of carbonyl (C=O) groups is 1. The summed E-state index contributed by atoms with van der Waals surface area (Å²) >= 11 is 7.04. The lowest BCUT2D eigenvalue weighted by molar-refractivity contribution is -0.120. The van der Waals surface area contributed by atoms with Gasteiger partial charge in [-0.15, -0.1) is 0 Å². The molecule has 1 amide bonds. The van der Waals surface area contributed by atoms with E-state index in [9.17, 15) is 18.8 Å². The Labute approximate surface area is 174 Å². The van der Waals surface area contributed by atoms with Crippen molar-refractivity contribution in [3.63, 3.8) is 0 Å². The lowest BCUT2D eigenvalue weighted by atomic mass is 10.2. The van der Waals surface area contributed by atoms with Crippen molar-refractivity contribution in [2.24, 2.45) is 21.1 Å². The van der Waals surface area contributed by atoms with Crippen molar-refractivity contribution in [3.8, 4) is 0 Å². The van der Waals surface area contributed by atoms with Crippen LogP contribution in [0.25, 0.3) is 11.2 Å². The summed E-state index contributed by atoms with van der Waals surface area (Å²) in [6.07, 6.45) is 0.222. The molecule has 3 aromatic rings. The Morgan fingerprint density at radius 1 is 1.21 bits per heavy atom. The van der Waals surface area contributed by atoms with Crippen LogP contribution in [0.1, 0.15) is 12.0 Å². The van der Waals surface area contributed by atoms with Crippen LogP contribution in [0.15, 0.2) is 32.9 Å². The van der Waals surface area contributed by atoms with Crippen LogP contribution in [0.2, 0.25) is 5.02 Å². The number of nitrogens with one attached hydrogen (secondary N) is 1. The Morgan fingerprint density at radius 2 is 1.93 bits per heavy atom. The Kier molecular flexibility index (Phi) is 6.13. The molecule has 0 spiro atoms. The first-order valence-corrected chi connectivity index (χ1v) is 10.0. The molecule has 0 unspecified atom stereocenters. The molecule has 29 heavy (non-hydrogen) atoms. The van der Waals surface area contributed by atoms with Gasteiger partial charge in [0.1, 0.15) is 5.82 Å². The average Bonchev–Trinajstić information content (AvgIpc) is 3.02. The van der Waals surface area contributed by atoms with Gasteiger partial charge in [-0.25, -0.2) is 14.2 Å². The Morgan fingerprint density at radius 3 is 2.62 bits per heavy atom. The van der Waals surface area contributed by atoms with E-state index in [0.29, 0.717) is 22.1 Å². The average molecular weight is 440 g/mol. The predicted molar refractivity (Wildman–Crippen MR) is 110 cm³/mol. The summed E-state index contributed by atoms with van der Waals surface area (Å²) in [5, 5.41) is 3.29. The van der Waals surface area contributed by atoms with E-state index in [1.165, 1.54) is 35.5 Å². The van der Waals surface area contributed by atoms with E-state index < -0.39 is 17.1 Å². The first-order valence-electron chi connectivity index (χ1n) is 8.66. The molecular weight excluding hydrogens is 421 g/mol. The largest absolute Gasteiger partial charge is 0.352 e. The van der Waals surface area contributed by atoms with E-state index in [4.69, 9.17) is 11.6 Å². The first-order chi connectivity index (χ1) is 13.7. The summed E-state index contributed by atoms with van der Waals surface area (Å²) in [5.41, 5.74) is 0.448. The van der Waals surface area contributed by atoms with E-state index in [1.807, 2.05) is 0 Å². The molecule has 0 fully saturated rings. The van der Waals surface area contributed by atoms with Crippen molar-refractivity contribution in [1.82, 2.24) is 24.0 Å². The molecule has 1 N–H and O–H groups in total. The standard InChI is InChI=1S/C18H19ClFN5O3S/c1-23-15-14(16(27)25(3)18(28)24(15)2)22-17(23)29-7-6-13(26)21-9-10-4-5-12(20)11(19)8-10/h4-5,8H,6-7,9H2,1-3H3,(H,21,26). The van der Waals surface area contributed by atoms with Crippen molar-refractivity contribution in [3.05, 3.63) is 55.4 Å². The zero-order valence-electron chi connectivity index (χ0n) is 16.0. The molecule has 0 saturated carbocycles. The molecule has 8 nitrogen and oxygen atoms in total. The summed E-state index contributed by atoms with van der Waals surface area (Å²) in [7, 11) is 4.70. The molecule has 2 heterocycles. The maximum atomic E-state index is 13.2. The number of nitrogens with zero attached hydrogens (tertiary/aromatic N) is 4. The highest BCUT2D eigenvalue weighted by atomic mass is 35.5. The summed E-state index contributed by atoms with van der Waals surface area (Å²) in [6.45, 7) is 0.244. The Balaban J connectivity index is 1.63. The van der Waals surface area contributed by atoms with Crippen LogP contribution in [0.5, 0.6) is 0 Å². The van der Waals surface area contributed by atoms with Crippen molar-refractivity contribution < 1.29 is 9.18 Å². The lowest BCUT2D eigenvalue weighted by Crippen LogP contribution is -2.37. The molecule has 11 heteroatoms. The number of aryl methyl sites for hydroxylation is 2. The number of thioether (sulfide) groups is 1. The van der Waals surface area contributed by atoms with Crippen LogP contribution in [0.3, 0.4) is 0 Å². The van der Waals surface area contributed by atoms with Gasteiger partial charge in [0.2, 0.25) is 5.91 Å². The summed E-state index contributed by atoms with van der Waals surface area (Å²) in [4.78, 5) is 40.8. The molecule has 2 aromatic heterocycles. The van der Waals surface area contributed by atoms with Crippen LogP contribution < -0.4 is 16.6 Å². The number of aromatic nitrogens is 4. The van der Waals surface area contributed by atoms with Crippen molar-refractivity contribution in [2.75, 3.05) is 5.75 Å². The van der Waals surface area contributed by atoms with Crippen molar-refractivity contribution in [2.45, 2.75) is 18.1 Å². The fourth-order valence-electron chi connectivity index (χ4n) is 2.86. The fourth-order valence-corrected chi connectivity index (χ4v) is 3.97. The molecule has 0 atom stereocenters. The molecule has 154 valence electrons. The van der Waals surface area contributed by atoms with E-state index in [-0.39, 0.29) is 29.4 Å². The second-order valence-corrected chi connectivity index (χ2v) is 7.92. The smallest absolute Gasteiger partial charge is 0.332 e. The normalized spacial score (nSPS) is 11.2. The van der Waals surface area contributed by atoms with Crippen LogP contribution in [-0.4, -0.2) is 30.3 Å². The minimum absolute atomic E-state index is 0.00898. The van der Waals surface area contributed by atoms with Crippen LogP contribution in [0.4, 0.5) is 4.39 Å². The highest BCUT2D eigenvalue weighted by Gasteiger charge is 2.17. The SMILES string of the molecule is Cn1c(=O)c2nc(SCCC(=O)NCc3ccc(F)c(Cl)c3)n(C)c2n(C)c1=O. The maximum absolute atomic E-state index is 13.2. The number of amides is 1. The number of benzene rings is 1. The second-order valence-electron chi connectivity index (χ2n) is 6.46. The van der Waals surface area contributed by atoms with E-state index in [0.717, 1.165) is 4.57 Å². The van der Waals surface area contributed by atoms with Gasteiger partial charge < -0.3 is 9.88 Å². The second kappa shape index (κ2) is 8.42. The minimum Gasteiger partial charge on any atom is -0.352 e. The highest BCUT2D eigenvalue weighted by Crippen LogP contribution is 2.21. The molecule has 0 saturated heterocycles. The van der Waals surface area contributed by atoms with Gasteiger partial charge in [0.15, 0.2) is 16.3 Å². The number of hydrogen-bond donors (Lipinski definition) is 1. The van der Waals surface area contributed by atoms with E-state index in [1.54, 1.807) is 24.7 Å². The van der Waals surface area contributed by atoms with Crippen LogP contribution >= 0.6 is 23.4 Å². The zero-order chi connectivity index (χ0) is 21.3. The maximum Gasteiger partial charge on any atom is 0.332 e. The third kappa shape index (κ3) is 4.23. The number of fused-ring (bicyclic) bond motifs is 1. The van der Waals surface area contributed by atoms with Gasteiger partial charge in [-0.1, -0.05) is 29.4 Å². The number of imidazole rings is 1. The van der Waals surface area contributed by atoms with Gasteiger partial charge in [-0.05, 0) is 17.7 Å². The summed E-state index contributed by atoms with van der Waals surface area (Å²) in [5.74, 6) is -0.255. The summed E-state index contributed by atoms with van der Waals surface area (Å²) in [6, 6.07) is 4.28. The lowest BCUT2D eigenvalue weighted by Gasteiger charge is -2.07. The molecule has 0 aliphatic rings. The van der Waals surface area contributed by atoms with Gasteiger partial charge in [0.25, 0.3) is 5.56 Å². The molecule has 3 rings (SSSR count). The number of carbonyl (C=O) groups excluding carboxylic acids is 1. The first kappa shape index (κ1) is 21.1. The molecular formula is C18H19ClFN5O3S. The van der Waals surface area contributed by atoms with Gasteiger partial charge >= 0.3 is 5.69 Å². The van der Waals surface area contributed by atoms with Gasteiger partial charge in [0, 0.05) is 39.9 Å². The molecule has 1 aromatic carbocycles. The molecule has 0 radical (unpaired) electrons.